The Kier molecular flexibility index (Phi) is 12.6. The summed E-state index contributed by atoms with van der Waals surface area (Å²) in [4.78, 5) is 14.9. The van der Waals surface area contributed by atoms with Gasteiger partial charge in [0, 0.05) is 5.41 Å². The molecule has 344 valence electrons. The maximum absolute atomic E-state index is 14.9. The van der Waals surface area contributed by atoms with E-state index in [1.165, 1.54) is 5.57 Å². The largest absolute Gasteiger partial charge is 0.432 e. The Morgan fingerprint density at radius 3 is 2.07 bits per heavy atom. The lowest BCUT2D eigenvalue weighted by Crippen LogP contribution is -2.66. The lowest BCUT2D eigenvalue weighted by Gasteiger charge is -2.71. The quantitative estimate of drug-likeness (QED) is 0.0887. The van der Waals surface area contributed by atoms with E-state index in [1.54, 1.807) is 0 Å². The Morgan fingerprint density at radius 2 is 1.42 bits per heavy atom. The van der Waals surface area contributed by atoms with E-state index >= 15 is 0 Å². The van der Waals surface area contributed by atoms with Crippen LogP contribution in [0.15, 0.2) is 11.6 Å². The van der Waals surface area contributed by atoms with E-state index in [4.69, 9.17) is 23.1 Å². The first-order valence-corrected chi connectivity index (χ1v) is 23.1. The van der Waals surface area contributed by atoms with Crippen molar-refractivity contribution < 1.29 is 81.7 Å². The van der Waals surface area contributed by atoms with Crippen LogP contribution in [0.2, 0.25) is 0 Å². The molecule has 6 fully saturated rings. The number of ether oxygens (including phenoxy) is 4. The molecule has 2 heterocycles. The monoisotopic (exact) mass is 876 g/mol. The Balaban J connectivity index is 1.14. The molecule has 0 bridgehead atoms. The molecule has 4 saturated carbocycles. The molecule has 17 nitrogen and oxygen atoms in total. The van der Waals surface area contributed by atoms with Gasteiger partial charge in [0.2, 0.25) is 6.29 Å². The predicted molar refractivity (Wildman–Crippen MR) is 209 cm³/mol. The fraction of sp³-hybridized carbons (Fsp3) is 0.929. The van der Waals surface area contributed by atoms with Gasteiger partial charge in [0.15, 0.2) is 6.29 Å². The summed E-state index contributed by atoms with van der Waals surface area (Å²) in [5.74, 6) is -0.376. The fourth-order valence-corrected chi connectivity index (χ4v) is 14.2. The van der Waals surface area contributed by atoms with Crippen LogP contribution < -0.4 is 0 Å². The Bertz CT molecular complexity index is 1750. The number of carbonyl (C=O) groups is 1. The van der Waals surface area contributed by atoms with Crippen LogP contribution in [0.4, 0.5) is 0 Å². The Labute approximate surface area is 352 Å². The molecule has 18 heteroatoms. The molecule has 0 spiro atoms. The number of fused-ring (bicyclic) bond motifs is 7. The second-order valence-electron chi connectivity index (χ2n) is 20.5. The summed E-state index contributed by atoms with van der Waals surface area (Å²) in [5, 5.41) is 84.6. The SMILES string of the molecule is C[C@H]1[C@H](C)CC[C@@]2(C(=O)O[C@H]3O[C@@H](CO[C@H]4O[C@@H](CO)[C@H](O)[C@@H](O)[C@@H]4O)[C@H](O)[C@@H](O)[C@@H]3O)CC[C@]3(C)C(=CC[C@H]4[C@]5(C)CC[C@@H](O)[C@](C)(COS(=O)(=O)O)[C@H]5CC[C@@]43C)[C@@H]12. The van der Waals surface area contributed by atoms with Crippen LogP contribution >= 0.6 is 0 Å². The number of hydrogen-bond donors (Lipinski definition) is 9. The van der Waals surface area contributed by atoms with Gasteiger partial charge in [-0.3, -0.25) is 9.35 Å². The van der Waals surface area contributed by atoms with Gasteiger partial charge in [-0.25, -0.2) is 4.18 Å². The van der Waals surface area contributed by atoms with E-state index < -0.39 is 108 Å². The second kappa shape index (κ2) is 16.3. The van der Waals surface area contributed by atoms with Crippen molar-refractivity contribution in [1.29, 1.82) is 0 Å². The molecule has 0 amide bonds. The third-order valence-corrected chi connectivity index (χ3v) is 18.3. The van der Waals surface area contributed by atoms with E-state index in [-0.39, 0.29) is 52.4 Å². The molecule has 9 N–H and O–H groups in total. The molecule has 7 rings (SSSR count). The number of esters is 1. The van der Waals surface area contributed by atoms with Crippen LogP contribution in [0.3, 0.4) is 0 Å². The molecule has 2 aliphatic heterocycles. The molecule has 5 aliphatic carbocycles. The van der Waals surface area contributed by atoms with Gasteiger partial charge in [-0.1, -0.05) is 53.2 Å². The van der Waals surface area contributed by atoms with Crippen LogP contribution in [-0.2, 0) is 38.3 Å². The molecule has 60 heavy (non-hydrogen) atoms. The van der Waals surface area contributed by atoms with Crippen LogP contribution in [0, 0.1) is 56.7 Å². The van der Waals surface area contributed by atoms with Gasteiger partial charge >= 0.3 is 16.4 Å². The van der Waals surface area contributed by atoms with Crippen LogP contribution in [0.25, 0.3) is 0 Å². The molecule has 0 unspecified atom stereocenters. The van der Waals surface area contributed by atoms with Gasteiger partial charge < -0.3 is 59.8 Å². The summed E-state index contributed by atoms with van der Waals surface area (Å²) in [6.45, 7) is 11.6. The average Bonchev–Trinajstić information content (AvgIpc) is 3.19. The summed E-state index contributed by atoms with van der Waals surface area (Å²) >= 11 is 0. The molecule has 0 radical (unpaired) electrons. The number of hydrogen-bond acceptors (Lipinski definition) is 16. The third kappa shape index (κ3) is 7.24. The van der Waals surface area contributed by atoms with Gasteiger partial charge in [0.25, 0.3) is 0 Å². The van der Waals surface area contributed by atoms with Crippen LogP contribution in [0.5, 0.6) is 0 Å². The highest BCUT2D eigenvalue weighted by molar-refractivity contribution is 7.80. The first kappa shape index (κ1) is 46.6. The molecule has 0 aromatic carbocycles. The highest BCUT2D eigenvalue weighted by Crippen LogP contribution is 2.76. The number of allylic oxidation sites excluding steroid dienone is 2. The molecule has 0 aromatic rings. The number of carbonyl (C=O) groups excluding carboxylic acids is 1. The smallest absolute Gasteiger partial charge is 0.397 e. The minimum Gasteiger partial charge on any atom is -0.432 e. The zero-order chi connectivity index (χ0) is 44.1. The topological polar surface area (TPSA) is 279 Å². The van der Waals surface area contributed by atoms with Crippen molar-refractivity contribution in [2.24, 2.45) is 56.7 Å². The molecule has 2 saturated heterocycles. The van der Waals surface area contributed by atoms with Crippen LogP contribution in [-0.4, -0.2) is 147 Å². The normalized spacial score (nSPS) is 53.1. The summed E-state index contributed by atoms with van der Waals surface area (Å²) in [6.07, 6.45) is -8.92. The first-order chi connectivity index (χ1) is 27.9. The van der Waals surface area contributed by atoms with Crippen molar-refractivity contribution >= 4 is 16.4 Å². The Morgan fingerprint density at radius 1 is 0.783 bits per heavy atom. The average molecular weight is 877 g/mol. The van der Waals surface area contributed by atoms with Gasteiger partial charge in [-0.2, -0.15) is 8.42 Å². The highest BCUT2D eigenvalue weighted by atomic mass is 32.3. The molecular weight excluding hydrogens is 809 g/mol. The van der Waals surface area contributed by atoms with Crippen molar-refractivity contribution in [2.75, 3.05) is 19.8 Å². The lowest BCUT2D eigenvalue weighted by atomic mass is 9.33. The second-order valence-corrected chi connectivity index (χ2v) is 21.6. The lowest BCUT2D eigenvalue weighted by molar-refractivity contribution is -0.328. The van der Waals surface area contributed by atoms with Crippen molar-refractivity contribution in [1.82, 2.24) is 0 Å². The third-order valence-electron chi connectivity index (χ3n) is 17.9. The van der Waals surface area contributed by atoms with E-state index in [0.29, 0.717) is 38.5 Å². The zero-order valence-corrected chi connectivity index (χ0v) is 36.3. The summed E-state index contributed by atoms with van der Waals surface area (Å²) < 4.78 is 60.9. The molecule has 7 aliphatic rings. The first-order valence-electron chi connectivity index (χ1n) is 21.7. The minimum atomic E-state index is -4.72. The van der Waals surface area contributed by atoms with E-state index in [0.717, 1.165) is 19.3 Å². The van der Waals surface area contributed by atoms with Gasteiger partial charge in [-0.15, -0.1) is 0 Å². The van der Waals surface area contributed by atoms with Crippen molar-refractivity contribution in [2.45, 2.75) is 167 Å². The summed E-state index contributed by atoms with van der Waals surface area (Å²) in [7, 11) is -4.72. The Hall–Kier alpha value is -1.36. The maximum Gasteiger partial charge on any atom is 0.397 e. The van der Waals surface area contributed by atoms with Crippen molar-refractivity contribution in [3.63, 3.8) is 0 Å². The van der Waals surface area contributed by atoms with Gasteiger partial charge in [-0.05, 0) is 104 Å². The van der Waals surface area contributed by atoms with E-state index in [1.807, 2.05) is 6.92 Å². The van der Waals surface area contributed by atoms with Crippen molar-refractivity contribution in [3.8, 4) is 0 Å². The fourth-order valence-electron chi connectivity index (χ4n) is 13.8. The number of aliphatic hydroxyl groups excluding tert-OH is 8. The van der Waals surface area contributed by atoms with Gasteiger partial charge in [0.05, 0.1) is 31.3 Å². The molecule has 0 aromatic heterocycles. The zero-order valence-electron chi connectivity index (χ0n) is 35.5. The standard InChI is InChI=1S/C42H68O17S/c1-20-9-14-42(37(51)59-36-34(50)32(48)30(46)24(58-36)18-55-35-33(49)31(47)29(45)23(17-43)57-35)16-15-40(5)22(28(42)21(20)2)7-8-26-38(3)12-11-27(44)39(4,19-56-60(52,53)54)25(38)10-13-41(26,40)6/h7,20-21,23-36,43-50H,8-19H2,1-6H3,(H,52,53,54)/t20-,21+,23+,24+,25+,26+,27-,28-,29+,30+,31-,32-,33+,34+,35+,36-,38-,39-,40-,41+,42-/m1/s1. The maximum atomic E-state index is 14.9. The van der Waals surface area contributed by atoms with Gasteiger partial charge in [0.1, 0.15) is 48.8 Å². The van der Waals surface area contributed by atoms with Crippen molar-refractivity contribution in [3.05, 3.63) is 11.6 Å². The summed E-state index contributed by atoms with van der Waals surface area (Å²) in [6, 6.07) is 0. The van der Waals surface area contributed by atoms with E-state index in [2.05, 4.69) is 40.7 Å². The highest BCUT2D eigenvalue weighted by Gasteiger charge is 2.70. The predicted octanol–water partition coefficient (Wildman–Crippen LogP) is 0.972. The number of aliphatic hydroxyl groups is 8. The summed E-state index contributed by atoms with van der Waals surface area (Å²) in [5.41, 5.74) is -1.55. The van der Waals surface area contributed by atoms with E-state index in [9.17, 15) is 58.6 Å². The molecular formula is C42H68O17S. The minimum absolute atomic E-state index is 0.0687. The van der Waals surface area contributed by atoms with Crippen LogP contribution in [0.1, 0.15) is 99.3 Å². The number of rotatable bonds is 9. The molecule has 21 atom stereocenters.